The number of fused-ring (bicyclic) bond motifs is 1. The molecule has 2 aromatic carbocycles. The van der Waals surface area contributed by atoms with Gasteiger partial charge in [0.2, 0.25) is 5.91 Å². The van der Waals surface area contributed by atoms with Crippen molar-refractivity contribution in [2.45, 2.75) is 85.2 Å². The Morgan fingerprint density at radius 2 is 1.73 bits per heavy atom. The molecule has 0 unspecified atom stereocenters. The molecule has 0 radical (unpaired) electrons. The molecule has 0 aliphatic carbocycles. The summed E-state index contributed by atoms with van der Waals surface area (Å²) >= 11 is 0. The summed E-state index contributed by atoms with van der Waals surface area (Å²) in [4.78, 5) is 30.5. The first kappa shape index (κ1) is 28.5. The third-order valence-corrected chi connectivity index (χ3v) is 6.46. The largest absolute Gasteiger partial charge is 0.489 e. The zero-order valence-corrected chi connectivity index (χ0v) is 23.4. The van der Waals surface area contributed by atoms with E-state index in [1.165, 1.54) is 0 Å². The van der Waals surface area contributed by atoms with Crippen LogP contribution in [-0.4, -0.2) is 59.1 Å². The van der Waals surface area contributed by atoms with E-state index in [1.807, 2.05) is 69.3 Å². The SMILES string of the molecule is CC(C)N(CCNC(=O)[C@@H]1c2ccc(OCc3ccccc3)cc2CCN1C(=O)OC(C)(C)C)C(C)C. The van der Waals surface area contributed by atoms with Crippen LogP contribution >= 0.6 is 0 Å². The zero-order chi connectivity index (χ0) is 27.2. The highest BCUT2D eigenvalue weighted by atomic mass is 16.6. The fourth-order valence-corrected chi connectivity index (χ4v) is 4.75. The second kappa shape index (κ2) is 12.5. The lowest BCUT2D eigenvalue weighted by molar-refractivity contribution is -0.127. The summed E-state index contributed by atoms with van der Waals surface area (Å²) in [7, 11) is 0. The third kappa shape index (κ3) is 7.96. The number of benzene rings is 2. The van der Waals surface area contributed by atoms with Crippen molar-refractivity contribution in [3.63, 3.8) is 0 Å². The van der Waals surface area contributed by atoms with E-state index in [9.17, 15) is 9.59 Å². The van der Waals surface area contributed by atoms with Gasteiger partial charge in [-0.3, -0.25) is 14.6 Å². The summed E-state index contributed by atoms with van der Waals surface area (Å²) < 4.78 is 11.7. The van der Waals surface area contributed by atoms with Crippen molar-refractivity contribution in [2.75, 3.05) is 19.6 Å². The fourth-order valence-electron chi connectivity index (χ4n) is 4.75. The summed E-state index contributed by atoms with van der Waals surface area (Å²) in [6.45, 7) is 16.2. The van der Waals surface area contributed by atoms with Gasteiger partial charge in [-0.05, 0) is 83.7 Å². The molecule has 7 nitrogen and oxygen atoms in total. The molecule has 1 N–H and O–H groups in total. The van der Waals surface area contributed by atoms with Gasteiger partial charge in [0.05, 0.1) is 0 Å². The van der Waals surface area contributed by atoms with Gasteiger partial charge in [0.25, 0.3) is 0 Å². The van der Waals surface area contributed by atoms with Crippen molar-refractivity contribution >= 4 is 12.0 Å². The highest BCUT2D eigenvalue weighted by molar-refractivity contribution is 5.88. The molecule has 0 saturated carbocycles. The molecule has 7 heteroatoms. The van der Waals surface area contributed by atoms with E-state index in [-0.39, 0.29) is 5.91 Å². The topological polar surface area (TPSA) is 71.1 Å². The molecule has 0 aromatic heterocycles. The molecule has 202 valence electrons. The molecular formula is C30H43N3O4. The lowest BCUT2D eigenvalue weighted by Crippen LogP contribution is -2.50. The minimum Gasteiger partial charge on any atom is -0.489 e. The van der Waals surface area contributed by atoms with Gasteiger partial charge in [0.1, 0.15) is 24.0 Å². The molecule has 0 saturated heterocycles. The highest BCUT2D eigenvalue weighted by Crippen LogP contribution is 2.34. The van der Waals surface area contributed by atoms with Crippen LogP contribution in [0.3, 0.4) is 0 Å². The van der Waals surface area contributed by atoms with Crippen LogP contribution in [-0.2, 0) is 22.6 Å². The number of amides is 2. The van der Waals surface area contributed by atoms with Crippen molar-refractivity contribution < 1.29 is 19.1 Å². The van der Waals surface area contributed by atoms with Crippen LogP contribution in [0.4, 0.5) is 4.79 Å². The summed E-state index contributed by atoms with van der Waals surface area (Å²) in [6.07, 6.45) is 0.142. The monoisotopic (exact) mass is 509 g/mol. The molecule has 1 aliphatic rings. The number of nitrogens with zero attached hydrogens (tertiary/aromatic N) is 2. The van der Waals surface area contributed by atoms with Crippen LogP contribution in [0.2, 0.25) is 0 Å². The van der Waals surface area contributed by atoms with E-state index < -0.39 is 17.7 Å². The van der Waals surface area contributed by atoms with E-state index in [4.69, 9.17) is 9.47 Å². The van der Waals surface area contributed by atoms with Gasteiger partial charge < -0.3 is 14.8 Å². The van der Waals surface area contributed by atoms with E-state index in [1.54, 1.807) is 4.90 Å². The average Bonchev–Trinajstić information content (AvgIpc) is 2.83. The lowest BCUT2D eigenvalue weighted by atomic mass is 9.92. The molecular weight excluding hydrogens is 466 g/mol. The van der Waals surface area contributed by atoms with Crippen molar-refractivity contribution in [1.82, 2.24) is 15.1 Å². The number of hydrogen-bond acceptors (Lipinski definition) is 5. The van der Waals surface area contributed by atoms with Crippen LogP contribution in [0.5, 0.6) is 5.75 Å². The van der Waals surface area contributed by atoms with Gasteiger partial charge in [0.15, 0.2) is 0 Å². The molecule has 0 bridgehead atoms. The van der Waals surface area contributed by atoms with Crippen molar-refractivity contribution in [2.24, 2.45) is 0 Å². The van der Waals surface area contributed by atoms with Crippen LogP contribution < -0.4 is 10.1 Å². The Morgan fingerprint density at radius 1 is 1.05 bits per heavy atom. The first-order valence-corrected chi connectivity index (χ1v) is 13.3. The van der Waals surface area contributed by atoms with Gasteiger partial charge in [-0.25, -0.2) is 4.79 Å². The Hall–Kier alpha value is -3.06. The second-order valence-corrected chi connectivity index (χ2v) is 11.2. The minimum atomic E-state index is -0.756. The number of carbonyl (C=O) groups excluding carboxylic acids is 2. The van der Waals surface area contributed by atoms with E-state index in [0.29, 0.717) is 38.2 Å². The number of hydrogen-bond donors (Lipinski definition) is 1. The van der Waals surface area contributed by atoms with Crippen molar-refractivity contribution in [3.8, 4) is 5.75 Å². The Kier molecular flexibility index (Phi) is 9.60. The Morgan fingerprint density at radius 3 is 2.35 bits per heavy atom. The second-order valence-electron chi connectivity index (χ2n) is 11.2. The van der Waals surface area contributed by atoms with Gasteiger partial charge >= 0.3 is 6.09 Å². The van der Waals surface area contributed by atoms with E-state index >= 15 is 0 Å². The maximum atomic E-state index is 13.5. The predicted octanol–water partition coefficient (Wildman–Crippen LogP) is 5.33. The molecule has 2 aromatic rings. The first-order valence-electron chi connectivity index (χ1n) is 13.3. The lowest BCUT2D eigenvalue weighted by Gasteiger charge is -2.37. The molecule has 37 heavy (non-hydrogen) atoms. The normalized spacial score (nSPS) is 15.6. The van der Waals surface area contributed by atoms with Crippen molar-refractivity contribution in [1.29, 1.82) is 0 Å². The van der Waals surface area contributed by atoms with E-state index in [0.717, 1.165) is 29.0 Å². The number of nitrogens with one attached hydrogen (secondary N) is 1. The smallest absolute Gasteiger partial charge is 0.411 e. The van der Waals surface area contributed by atoms with Crippen molar-refractivity contribution in [3.05, 3.63) is 65.2 Å². The molecule has 3 rings (SSSR count). The maximum absolute atomic E-state index is 13.5. The summed E-state index contributed by atoms with van der Waals surface area (Å²) in [5, 5.41) is 3.08. The zero-order valence-electron chi connectivity index (χ0n) is 23.4. The maximum Gasteiger partial charge on any atom is 0.411 e. The highest BCUT2D eigenvalue weighted by Gasteiger charge is 2.38. The Bertz CT molecular complexity index is 1040. The van der Waals surface area contributed by atoms with Gasteiger partial charge in [0, 0.05) is 31.7 Å². The fraction of sp³-hybridized carbons (Fsp3) is 0.533. The number of ether oxygens (including phenoxy) is 2. The standard InChI is InChI=1S/C30H43N3O4/c1-21(2)32(22(3)4)18-16-31-28(34)27-26-14-13-25(36-20-23-11-9-8-10-12-23)19-24(26)15-17-33(27)29(35)37-30(5,6)7/h8-14,19,21-22,27H,15-18,20H2,1-7H3,(H,31,34)/t27-/m0/s1. The van der Waals surface area contributed by atoms with Crippen LogP contribution in [0.15, 0.2) is 48.5 Å². The molecule has 1 heterocycles. The number of carbonyl (C=O) groups is 2. The Balaban J connectivity index is 1.79. The van der Waals surface area contributed by atoms with Gasteiger partial charge in [-0.2, -0.15) is 0 Å². The molecule has 0 fully saturated rings. The summed E-state index contributed by atoms with van der Waals surface area (Å²) in [6, 6.07) is 15.8. The van der Waals surface area contributed by atoms with Crippen LogP contribution in [0, 0.1) is 0 Å². The minimum absolute atomic E-state index is 0.197. The quantitative estimate of drug-likeness (QED) is 0.494. The van der Waals surface area contributed by atoms with Gasteiger partial charge in [-0.15, -0.1) is 0 Å². The molecule has 1 atom stereocenters. The first-order chi connectivity index (χ1) is 17.5. The average molecular weight is 510 g/mol. The number of rotatable bonds is 9. The van der Waals surface area contributed by atoms with E-state index in [2.05, 4.69) is 37.9 Å². The molecule has 2 amide bonds. The predicted molar refractivity (Wildman–Crippen MR) is 147 cm³/mol. The summed E-state index contributed by atoms with van der Waals surface area (Å²) in [5.41, 5.74) is 2.26. The summed E-state index contributed by atoms with van der Waals surface area (Å²) in [5.74, 6) is 0.550. The molecule has 1 aliphatic heterocycles. The van der Waals surface area contributed by atoms with Crippen LogP contribution in [0.1, 0.15) is 71.2 Å². The Labute approximate surface area is 222 Å². The third-order valence-electron chi connectivity index (χ3n) is 6.46. The van der Waals surface area contributed by atoms with Gasteiger partial charge in [-0.1, -0.05) is 36.4 Å². The molecule has 0 spiro atoms. The van der Waals surface area contributed by atoms with Crippen LogP contribution in [0.25, 0.3) is 0 Å².